The van der Waals surface area contributed by atoms with Crippen molar-refractivity contribution in [2.24, 2.45) is 5.92 Å². The van der Waals surface area contributed by atoms with Gasteiger partial charge in [0.05, 0.1) is 15.6 Å². The molecule has 1 aliphatic carbocycles. The molecular formula is C21H21BrN8O4S. The Balaban J connectivity index is 1.39. The zero-order valence-corrected chi connectivity index (χ0v) is 20.7. The van der Waals surface area contributed by atoms with Gasteiger partial charge in [-0.3, -0.25) is 4.72 Å². The summed E-state index contributed by atoms with van der Waals surface area (Å²) < 4.78 is 44.2. The Morgan fingerprint density at radius 1 is 1.06 bits per heavy atom. The van der Waals surface area contributed by atoms with Crippen LogP contribution in [0.5, 0.6) is 11.9 Å². The molecule has 0 aliphatic heterocycles. The number of nitrogens with one attached hydrogen (secondary N) is 2. The van der Waals surface area contributed by atoms with Crippen molar-refractivity contribution in [3.63, 3.8) is 0 Å². The van der Waals surface area contributed by atoms with E-state index in [1.807, 2.05) is 18.2 Å². The Bertz CT molecular complexity index is 1430. The number of aromatic nitrogens is 6. The van der Waals surface area contributed by atoms with Crippen molar-refractivity contribution in [2.45, 2.75) is 12.8 Å². The van der Waals surface area contributed by atoms with Gasteiger partial charge in [0.25, 0.3) is 10.2 Å². The molecule has 2 N–H and O–H groups in total. The van der Waals surface area contributed by atoms with Gasteiger partial charge < -0.3 is 9.47 Å². The van der Waals surface area contributed by atoms with Crippen LogP contribution in [0, 0.1) is 5.92 Å². The van der Waals surface area contributed by atoms with Crippen LogP contribution in [0.4, 0.5) is 5.82 Å². The molecule has 12 nitrogen and oxygen atoms in total. The maximum atomic E-state index is 12.7. The highest BCUT2D eigenvalue weighted by atomic mass is 79.9. The number of halogens is 1. The van der Waals surface area contributed by atoms with E-state index in [1.54, 1.807) is 29.3 Å². The standard InChI is InChI=1S/C21H21BrN8O4S/c22-16-10-23-21(24-11-16)34-8-7-33-20-18(15-3-4-17-5-6-27-30(17)12-15)19(25-13-26-20)29-35(31,32)28-9-14-1-2-14/h3-6,10-14,28H,1-2,7-9H2,(H,25,26,29). The third-order valence-corrected chi connectivity index (χ3v) is 6.56. The first-order chi connectivity index (χ1) is 17.0. The molecule has 1 saturated carbocycles. The second-order valence-electron chi connectivity index (χ2n) is 7.80. The predicted molar refractivity (Wildman–Crippen MR) is 130 cm³/mol. The van der Waals surface area contributed by atoms with Crippen LogP contribution in [0.15, 0.2) is 53.8 Å². The van der Waals surface area contributed by atoms with Crippen molar-refractivity contribution >= 4 is 37.5 Å². The number of rotatable bonds is 11. The van der Waals surface area contributed by atoms with Crippen molar-refractivity contribution in [1.29, 1.82) is 0 Å². The average Bonchev–Trinajstić information content (AvgIpc) is 3.56. The Hall–Kier alpha value is -3.36. The van der Waals surface area contributed by atoms with Gasteiger partial charge in [-0.2, -0.15) is 18.2 Å². The molecule has 0 saturated heterocycles. The van der Waals surface area contributed by atoms with Crippen LogP contribution in [0.1, 0.15) is 12.8 Å². The summed E-state index contributed by atoms with van der Waals surface area (Å²) in [5.41, 5.74) is 1.87. The molecule has 0 radical (unpaired) electrons. The van der Waals surface area contributed by atoms with E-state index in [9.17, 15) is 8.42 Å². The van der Waals surface area contributed by atoms with Crippen LogP contribution in [-0.2, 0) is 10.2 Å². The Kier molecular flexibility index (Phi) is 6.74. The molecule has 4 aromatic heterocycles. The van der Waals surface area contributed by atoms with Gasteiger partial charge in [-0.05, 0) is 46.8 Å². The van der Waals surface area contributed by atoms with E-state index < -0.39 is 10.2 Å². The Morgan fingerprint density at radius 2 is 1.86 bits per heavy atom. The van der Waals surface area contributed by atoms with Crippen molar-refractivity contribution < 1.29 is 17.9 Å². The summed E-state index contributed by atoms with van der Waals surface area (Å²) in [7, 11) is -3.85. The quantitative estimate of drug-likeness (QED) is 0.264. The monoisotopic (exact) mass is 560 g/mol. The van der Waals surface area contributed by atoms with E-state index in [4.69, 9.17) is 9.47 Å². The largest absolute Gasteiger partial charge is 0.473 e. The van der Waals surface area contributed by atoms with E-state index in [-0.39, 0.29) is 30.9 Å². The Morgan fingerprint density at radius 3 is 2.66 bits per heavy atom. The summed E-state index contributed by atoms with van der Waals surface area (Å²) in [6.07, 6.45) is 9.86. The number of hydrogen-bond acceptors (Lipinski definition) is 9. The lowest BCUT2D eigenvalue weighted by Gasteiger charge is -2.16. The number of fused-ring (bicyclic) bond motifs is 1. The number of hydrogen-bond donors (Lipinski definition) is 2. The van der Waals surface area contributed by atoms with Crippen LogP contribution < -0.4 is 18.9 Å². The van der Waals surface area contributed by atoms with Crippen LogP contribution in [0.3, 0.4) is 0 Å². The van der Waals surface area contributed by atoms with Crippen molar-refractivity contribution in [3.8, 4) is 23.0 Å². The highest BCUT2D eigenvalue weighted by molar-refractivity contribution is 9.10. The number of nitrogens with zero attached hydrogens (tertiary/aromatic N) is 6. The molecule has 4 aromatic rings. The summed E-state index contributed by atoms with van der Waals surface area (Å²) in [6, 6.07) is 5.75. The molecule has 0 atom stereocenters. The first-order valence-corrected chi connectivity index (χ1v) is 13.0. The fourth-order valence-corrected chi connectivity index (χ4v) is 4.38. The van der Waals surface area contributed by atoms with Gasteiger partial charge in [0.15, 0.2) is 5.82 Å². The minimum atomic E-state index is -3.85. The summed E-state index contributed by atoms with van der Waals surface area (Å²) in [4.78, 5) is 16.5. The first-order valence-electron chi connectivity index (χ1n) is 10.8. The predicted octanol–water partition coefficient (Wildman–Crippen LogP) is 2.46. The minimum absolute atomic E-state index is 0.0852. The molecule has 0 bridgehead atoms. The van der Waals surface area contributed by atoms with E-state index in [1.165, 1.54) is 6.33 Å². The fraction of sp³-hybridized carbons (Fsp3) is 0.286. The van der Waals surface area contributed by atoms with Gasteiger partial charge in [0, 0.05) is 36.9 Å². The minimum Gasteiger partial charge on any atom is -0.473 e. The average molecular weight is 561 g/mol. The molecule has 35 heavy (non-hydrogen) atoms. The molecule has 0 unspecified atom stereocenters. The second kappa shape index (κ2) is 10.1. The van der Waals surface area contributed by atoms with Gasteiger partial charge in [0.2, 0.25) is 5.88 Å². The first kappa shape index (κ1) is 23.4. The van der Waals surface area contributed by atoms with Gasteiger partial charge in [-0.15, -0.1) is 0 Å². The van der Waals surface area contributed by atoms with E-state index in [0.29, 0.717) is 23.6 Å². The molecule has 14 heteroatoms. The molecule has 5 rings (SSSR count). The lowest BCUT2D eigenvalue weighted by molar-refractivity contribution is 0.202. The van der Waals surface area contributed by atoms with Gasteiger partial charge in [-0.1, -0.05) is 6.07 Å². The maximum absolute atomic E-state index is 12.7. The lowest BCUT2D eigenvalue weighted by Crippen LogP contribution is -2.32. The van der Waals surface area contributed by atoms with Gasteiger partial charge in [0.1, 0.15) is 19.5 Å². The normalized spacial score (nSPS) is 13.6. The van der Waals surface area contributed by atoms with Crippen LogP contribution in [0.2, 0.25) is 0 Å². The van der Waals surface area contributed by atoms with Crippen molar-refractivity contribution in [3.05, 3.63) is 53.8 Å². The molecule has 4 heterocycles. The highest BCUT2D eigenvalue weighted by Gasteiger charge is 2.25. The summed E-state index contributed by atoms with van der Waals surface area (Å²) in [6.45, 7) is 0.640. The molecule has 1 aliphatic rings. The van der Waals surface area contributed by atoms with Gasteiger partial charge >= 0.3 is 6.01 Å². The zero-order chi connectivity index (χ0) is 24.3. The van der Waals surface area contributed by atoms with Gasteiger partial charge in [-0.25, -0.2) is 24.5 Å². The lowest BCUT2D eigenvalue weighted by atomic mass is 10.1. The van der Waals surface area contributed by atoms with Crippen LogP contribution in [0.25, 0.3) is 16.6 Å². The number of ether oxygens (including phenoxy) is 2. The van der Waals surface area contributed by atoms with Crippen LogP contribution in [-0.4, -0.2) is 57.7 Å². The highest BCUT2D eigenvalue weighted by Crippen LogP contribution is 2.34. The summed E-state index contributed by atoms with van der Waals surface area (Å²) in [5.74, 6) is 0.654. The third kappa shape index (κ3) is 6.01. The van der Waals surface area contributed by atoms with Crippen LogP contribution >= 0.6 is 15.9 Å². The molecule has 0 aromatic carbocycles. The fourth-order valence-electron chi connectivity index (χ4n) is 3.24. The summed E-state index contributed by atoms with van der Waals surface area (Å²) in [5, 5.41) is 4.26. The second-order valence-corrected chi connectivity index (χ2v) is 10.2. The summed E-state index contributed by atoms with van der Waals surface area (Å²) >= 11 is 3.27. The van der Waals surface area contributed by atoms with E-state index >= 15 is 0 Å². The molecule has 182 valence electrons. The molecular weight excluding hydrogens is 540 g/mol. The molecule has 1 fully saturated rings. The Labute approximate surface area is 209 Å². The third-order valence-electron chi connectivity index (χ3n) is 5.14. The van der Waals surface area contributed by atoms with Crippen molar-refractivity contribution in [2.75, 3.05) is 24.5 Å². The molecule has 0 spiro atoms. The van der Waals surface area contributed by atoms with E-state index in [0.717, 1.165) is 22.8 Å². The SMILES string of the molecule is O=S(=O)(NCC1CC1)Nc1ncnc(OCCOc2ncc(Br)cn2)c1-c1ccc2ccnn2c1. The zero-order valence-electron chi connectivity index (χ0n) is 18.3. The topological polar surface area (TPSA) is 146 Å². The molecule has 0 amide bonds. The number of pyridine rings is 1. The van der Waals surface area contributed by atoms with Crippen molar-refractivity contribution in [1.82, 2.24) is 34.3 Å². The smallest absolute Gasteiger partial charge is 0.316 e. The van der Waals surface area contributed by atoms with E-state index in [2.05, 4.69) is 50.4 Å². The maximum Gasteiger partial charge on any atom is 0.316 e. The number of anilines is 1.